The minimum atomic E-state index is -0.969. The zero-order chi connectivity index (χ0) is 14.2. The predicted octanol–water partition coefficient (Wildman–Crippen LogP) is 6.52. The van der Waals surface area contributed by atoms with Gasteiger partial charge in [0.2, 0.25) is 0 Å². The molecule has 0 saturated heterocycles. The van der Waals surface area contributed by atoms with Crippen molar-refractivity contribution in [3.8, 4) is 0 Å². The normalized spacial score (nSPS) is 12.5. The first-order valence-electron chi connectivity index (χ1n) is 5.13. The summed E-state index contributed by atoms with van der Waals surface area (Å²) in [6.45, 7) is 0. The molecule has 100 valence electrons. The first-order valence-corrected chi connectivity index (χ1v) is 7.60. The third kappa shape index (κ3) is 3.30. The van der Waals surface area contributed by atoms with Gasteiger partial charge in [0, 0.05) is 14.5 Å². The van der Waals surface area contributed by atoms with Gasteiger partial charge >= 0.3 is 0 Å². The second kappa shape index (κ2) is 6.08. The van der Waals surface area contributed by atoms with Gasteiger partial charge in [-0.2, -0.15) is 0 Å². The molecule has 0 radical (unpaired) electrons. The molecule has 0 bridgehead atoms. The van der Waals surface area contributed by atoms with Crippen molar-refractivity contribution in [3.63, 3.8) is 0 Å². The predicted molar refractivity (Wildman–Crippen MR) is 81.3 cm³/mol. The van der Waals surface area contributed by atoms with Crippen molar-refractivity contribution in [1.82, 2.24) is 0 Å². The Bertz CT molecular complexity index is 632. The Hall–Kier alpha value is -0.160. The number of halogens is 6. The van der Waals surface area contributed by atoms with Gasteiger partial charge in [-0.25, -0.2) is 8.78 Å². The van der Waals surface area contributed by atoms with Crippen molar-refractivity contribution in [2.45, 2.75) is 4.83 Å². The number of hydrogen-bond acceptors (Lipinski definition) is 0. The van der Waals surface area contributed by atoms with Crippen LogP contribution in [0.2, 0.25) is 10.0 Å². The molecule has 1 atom stereocenters. The van der Waals surface area contributed by atoms with E-state index < -0.39 is 11.6 Å². The maximum atomic E-state index is 13.3. The maximum absolute atomic E-state index is 13.3. The van der Waals surface area contributed by atoms with Gasteiger partial charge in [-0.15, -0.1) is 0 Å². The number of rotatable bonds is 2. The second-order valence-corrected chi connectivity index (χ2v) is 6.43. The summed E-state index contributed by atoms with van der Waals surface area (Å²) in [5, 5.41) is 0.731. The molecule has 2 aromatic carbocycles. The maximum Gasteiger partial charge on any atom is 0.160 e. The van der Waals surface area contributed by atoms with Crippen LogP contribution in [-0.2, 0) is 0 Å². The summed E-state index contributed by atoms with van der Waals surface area (Å²) < 4.78 is 27.1. The van der Waals surface area contributed by atoms with E-state index in [4.69, 9.17) is 23.2 Å². The minimum absolute atomic E-state index is 0.155. The molecule has 2 aromatic rings. The molecule has 0 N–H and O–H groups in total. The molecule has 19 heavy (non-hydrogen) atoms. The molecule has 0 aliphatic rings. The summed E-state index contributed by atoms with van der Waals surface area (Å²) in [7, 11) is 0. The molecule has 1 unspecified atom stereocenters. The average molecular weight is 431 g/mol. The van der Waals surface area contributed by atoms with Crippen molar-refractivity contribution >= 4 is 55.1 Å². The Morgan fingerprint density at radius 3 is 2.21 bits per heavy atom. The number of hydrogen-bond donors (Lipinski definition) is 0. The van der Waals surface area contributed by atoms with E-state index in [1.54, 1.807) is 18.2 Å². The molecule has 0 heterocycles. The van der Waals surface area contributed by atoms with Gasteiger partial charge in [-0.3, -0.25) is 0 Å². The van der Waals surface area contributed by atoms with E-state index in [0.29, 0.717) is 10.6 Å². The lowest BCUT2D eigenvalue weighted by molar-refractivity contribution is 0.507. The molecular weight excluding hydrogens is 425 g/mol. The monoisotopic (exact) mass is 428 g/mol. The lowest BCUT2D eigenvalue weighted by Gasteiger charge is -2.15. The fraction of sp³-hybridized carbons (Fsp3) is 0.0769. The van der Waals surface area contributed by atoms with Gasteiger partial charge in [0.1, 0.15) is 0 Å². The van der Waals surface area contributed by atoms with Crippen LogP contribution >= 0.6 is 55.1 Å². The van der Waals surface area contributed by atoms with Gasteiger partial charge in [0.15, 0.2) is 11.6 Å². The van der Waals surface area contributed by atoms with Crippen molar-refractivity contribution in [1.29, 1.82) is 0 Å². The number of benzene rings is 2. The lowest BCUT2D eigenvalue weighted by atomic mass is 10.0. The van der Waals surface area contributed by atoms with Crippen molar-refractivity contribution in [2.75, 3.05) is 0 Å². The van der Waals surface area contributed by atoms with Crippen molar-refractivity contribution < 1.29 is 8.78 Å². The van der Waals surface area contributed by atoms with Gasteiger partial charge in [0.25, 0.3) is 0 Å². The standard InChI is InChI=1S/C13H6Br2Cl2F2/c14-9-3-6(16)1-2-7(9)13(15)8-4-11(18)12(19)5-10(8)17/h1-5,13H. The van der Waals surface area contributed by atoms with E-state index in [0.717, 1.165) is 22.2 Å². The third-order valence-corrected chi connectivity index (χ3v) is 4.78. The summed E-state index contributed by atoms with van der Waals surface area (Å²) >= 11 is 18.6. The SMILES string of the molecule is Fc1cc(Cl)c(C(Br)c2ccc(Cl)cc2Br)cc1F. The molecule has 0 aromatic heterocycles. The highest BCUT2D eigenvalue weighted by Crippen LogP contribution is 2.40. The minimum Gasteiger partial charge on any atom is -0.204 e. The topological polar surface area (TPSA) is 0 Å². The lowest BCUT2D eigenvalue weighted by Crippen LogP contribution is -1.98. The summed E-state index contributed by atoms with van der Waals surface area (Å²) in [4.78, 5) is -0.373. The molecular formula is C13H6Br2Cl2F2. The van der Waals surface area contributed by atoms with Crippen LogP contribution in [-0.4, -0.2) is 0 Å². The van der Waals surface area contributed by atoms with E-state index in [-0.39, 0.29) is 9.85 Å². The highest BCUT2D eigenvalue weighted by Gasteiger charge is 2.19. The van der Waals surface area contributed by atoms with E-state index in [2.05, 4.69) is 31.9 Å². The van der Waals surface area contributed by atoms with E-state index >= 15 is 0 Å². The fourth-order valence-corrected chi connectivity index (χ4v) is 3.99. The zero-order valence-corrected chi connectivity index (χ0v) is 13.9. The first-order chi connectivity index (χ1) is 8.90. The van der Waals surface area contributed by atoms with Crippen LogP contribution in [0.1, 0.15) is 16.0 Å². The molecule has 0 amide bonds. The van der Waals surface area contributed by atoms with Crippen LogP contribution in [0.15, 0.2) is 34.8 Å². The van der Waals surface area contributed by atoms with Gasteiger partial charge in [0.05, 0.1) is 4.83 Å². The smallest absolute Gasteiger partial charge is 0.160 e. The molecule has 0 nitrogen and oxygen atoms in total. The average Bonchev–Trinajstić information content (AvgIpc) is 2.33. The van der Waals surface area contributed by atoms with Crippen LogP contribution in [0.3, 0.4) is 0 Å². The summed E-state index contributed by atoms with van der Waals surface area (Å²) in [6, 6.07) is 7.26. The highest BCUT2D eigenvalue weighted by molar-refractivity contribution is 9.11. The van der Waals surface area contributed by atoms with Crippen LogP contribution in [0.4, 0.5) is 8.78 Å². The molecule has 0 spiro atoms. The molecule has 0 saturated carbocycles. The quantitative estimate of drug-likeness (QED) is 0.376. The van der Waals surface area contributed by atoms with Crippen molar-refractivity contribution in [2.24, 2.45) is 0 Å². The van der Waals surface area contributed by atoms with Gasteiger partial charge < -0.3 is 0 Å². The van der Waals surface area contributed by atoms with Crippen LogP contribution < -0.4 is 0 Å². The second-order valence-electron chi connectivity index (χ2n) is 3.82. The summed E-state index contributed by atoms with van der Waals surface area (Å²) in [6.07, 6.45) is 0. The van der Waals surface area contributed by atoms with Crippen molar-refractivity contribution in [3.05, 3.63) is 67.6 Å². The summed E-state index contributed by atoms with van der Waals surface area (Å²) in [5.74, 6) is -1.91. The Balaban J connectivity index is 2.49. The molecule has 2 rings (SSSR count). The Kier molecular flexibility index (Phi) is 4.88. The number of alkyl halides is 1. The van der Waals surface area contributed by atoms with E-state index in [1.165, 1.54) is 0 Å². The van der Waals surface area contributed by atoms with Gasteiger partial charge in [-0.05, 0) is 35.4 Å². The fourth-order valence-electron chi connectivity index (χ4n) is 1.61. The van der Waals surface area contributed by atoms with Crippen LogP contribution in [0, 0.1) is 11.6 Å². The first kappa shape index (κ1) is 15.2. The Labute approximate surface area is 136 Å². The Morgan fingerprint density at radius 1 is 0.947 bits per heavy atom. The third-order valence-electron chi connectivity index (χ3n) is 2.55. The summed E-state index contributed by atoms with van der Waals surface area (Å²) in [5.41, 5.74) is 1.26. The zero-order valence-electron chi connectivity index (χ0n) is 9.23. The Morgan fingerprint density at radius 2 is 1.58 bits per heavy atom. The van der Waals surface area contributed by atoms with E-state index in [1.807, 2.05) is 0 Å². The molecule has 6 heteroatoms. The largest absolute Gasteiger partial charge is 0.204 e. The molecule has 0 fully saturated rings. The molecule has 0 aliphatic heterocycles. The van der Waals surface area contributed by atoms with Crippen LogP contribution in [0.25, 0.3) is 0 Å². The molecule has 0 aliphatic carbocycles. The van der Waals surface area contributed by atoms with Crippen LogP contribution in [0.5, 0.6) is 0 Å². The highest BCUT2D eigenvalue weighted by atomic mass is 79.9. The van der Waals surface area contributed by atoms with E-state index in [9.17, 15) is 8.78 Å². The van der Waals surface area contributed by atoms with Gasteiger partial charge in [-0.1, -0.05) is 61.1 Å².